The molecule has 140 valence electrons. The van der Waals surface area contributed by atoms with E-state index in [9.17, 15) is 5.26 Å². The minimum Gasteiger partial charge on any atom is -0.493 e. The molecule has 0 aliphatic rings. The number of methoxy groups -OCH3 is 2. The van der Waals surface area contributed by atoms with Crippen LogP contribution < -0.4 is 14.8 Å². The van der Waals surface area contributed by atoms with Gasteiger partial charge in [0, 0.05) is 6.04 Å². The monoisotopic (exact) mass is 346 g/mol. The maximum absolute atomic E-state index is 10.0. The summed E-state index contributed by atoms with van der Waals surface area (Å²) in [6.45, 7) is 9.59. The zero-order chi connectivity index (χ0) is 18.9. The molecule has 0 fully saturated rings. The molecule has 2 atom stereocenters. The molecule has 0 amide bonds. The largest absolute Gasteiger partial charge is 0.493 e. The summed E-state index contributed by atoms with van der Waals surface area (Å²) in [7, 11) is 3.25. The lowest BCUT2D eigenvalue weighted by molar-refractivity contribution is 0.339. The summed E-state index contributed by atoms with van der Waals surface area (Å²) in [6.07, 6.45) is 4.16. The summed E-state index contributed by atoms with van der Waals surface area (Å²) < 4.78 is 10.8. The predicted octanol–water partition coefficient (Wildman–Crippen LogP) is 4.68. The van der Waals surface area contributed by atoms with Crippen LogP contribution in [0.1, 0.15) is 58.9 Å². The molecule has 4 nitrogen and oxygen atoms in total. The van der Waals surface area contributed by atoms with E-state index >= 15 is 0 Å². The molecule has 4 heteroatoms. The van der Waals surface area contributed by atoms with Crippen LogP contribution in [0.4, 0.5) is 0 Å². The summed E-state index contributed by atoms with van der Waals surface area (Å²) in [5.74, 6) is 1.58. The number of nitrogens with zero attached hydrogens (tertiary/aromatic N) is 1. The third-order valence-corrected chi connectivity index (χ3v) is 5.05. The summed E-state index contributed by atoms with van der Waals surface area (Å²) in [4.78, 5) is 0. The highest BCUT2D eigenvalue weighted by Gasteiger charge is 2.36. The second kappa shape index (κ2) is 10.3. The second-order valence-electron chi connectivity index (χ2n) is 7.06. The van der Waals surface area contributed by atoms with Crippen LogP contribution in [0.3, 0.4) is 0 Å². The molecule has 0 aromatic heterocycles. The van der Waals surface area contributed by atoms with Crippen LogP contribution in [-0.4, -0.2) is 26.8 Å². The molecule has 1 N–H and O–H groups in total. The van der Waals surface area contributed by atoms with E-state index in [0.717, 1.165) is 24.9 Å². The SMILES string of the molecule is CCCC(C)NCCCC(C#N)(c1ccc(OC)c(OC)c1)C(C)C. The van der Waals surface area contributed by atoms with Crippen LogP contribution in [-0.2, 0) is 5.41 Å². The van der Waals surface area contributed by atoms with Gasteiger partial charge in [-0.3, -0.25) is 0 Å². The van der Waals surface area contributed by atoms with Crippen molar-refractivity contribution in [2.45, 2.75) is 64.8 Å². The fourth-order valence-corrected chi connectivity index (χ4v) is 3.38. The van der Waals surface area contributed by atoms with Gasteiger partial charge in [-0.05, 0) is 56.3 Å². The molecule has 25 heavy (non-hydrogen) atoms. The van der Waals surface area contributed by atoms with Crippen molar-refractivity contribution in [1.29, 1.82) is 5.26 Å². The quantitative estimate of drug-likeness (QED) is 0.591. The molecule has 0 aliphatic heterocycles. The molecule has 1 aromatic carbocycles. The molecule has 0 aliphatic carbocycles. The van der Waals surface area contributed by atoms with Gasteiger partial charge in [0.2, 0.25) is 0 Å². The number of rotatable bonds is 11. The van der Waals surface area contributed by atoms with E-state index in [0.29, 0.717) is 17.5 Å². The molecule has 0 saturated carbocycles. The van der Waals surface area contributed by atoms with Gasteiger partial charge in [-0.25, -0.2) is 0 Å². The molecular formula is C21H34N2O2. The molecule has 0 saturated heterocycles. The second-order valence-corrected chi connectivity index (χ2v) is 7.06. The average Bonchev–Trinajstić information content (AvgIpc) is 2.61. The summed E-state index contributed by atoms with van der Waals surface area (Å²) in [5, 5.41) is 13.6. The Bertz CT molecular complexity index is 566. The van der Waals surface area contributed by atoms with Crippen molar-refractivity contribution in [2.24, 2.45) is 5.92 Å². The fraction of sp³-hybridized carbons (Fsp3) is 0.667. The van der Waals surface area contributed by atoms with Gasteiger partial charge in [0.15, 0.2) is 11.5 Å². The first kappa shape index (κ1) is 21.3. The predicted molar refractivity (Wildman–Crippen MR) is 103 cm³/mol. The van der Waals surface area contributed by atoms with Crippen LogP contribution in [0.2, 0.25) is 0 Å². The third-order valence-electron chi connectivity index (χ3n) is 5.05. The lowest BCUT2D eigenvalue weighted by atomic mass is 9.69. The Hall–Kier alpha value is -1.73. The first-order valence-electron chi connectivity index (χ1n) is 9.32. The number of hydrogen-bond donors (Lipinski definition) is 1. The molecule has 2 unspecified atom stereocenters. The summed E-state index contributed by atoms with van der Waals surface area (Å²) in [5.41, 5.74) is 0.485. The van der Waals surface area contributed by atoms with E-state index < -0.39 is 5.41 Å². The van der Waals surface area contributed by atoms with Crippen LogP contribution in [0.25, 0.3) is 0 Å². The molecule has 0 bridgehead atoms. The Morgan fingerprint density at radius 1 is 1.16 bits per heavy atom. The highest BCUT2D eigenvalue weighted by Crippen LogP contribution is 2.40. The summed E-state index contributed by atoms with van der Waals surface area (Å²) >= 11 is 0. The van der Waals surface area contributed by atoms with Crippen molar-refractivity contribution in [3.8, 4) is 17.6 Å². The van der Waals surface area contributed by atoms with Gasteiger partial charge in [0.25, 0.3) is 0 Å². The average molecular weight is 347 g/mol. The Balaban J connectivity index is 2.95. The van der Waals surface area contributed by atoms with Crippen molar-refractivity contribution in [2.75, 3.05) is 20.8 Å². The topological polar surface area (TPSA) is 54.3 Å². The van der Waals surface area contributed by atoms with Crippen LogP contribution >= 0.6 is 0 Å². The zero-order valence-corrected chi connectivity index (χ0v) is 16.7. The normalized spacial score (nSPS) is 14.6. The maximum atomic E-state index is 10.0. The van der Waals surface area contributed by atoms with Crippen molar-refractivity contribution in [3.63, 3.8) is 0 Å². The van der Waals surface area contributed by atoms with E-state index in [1.165, 1.54) is 12.8 Å². The standard InChI is InChI=1S/C21H34N2O2/c1-7-9-17(4)23-13-8-12-21(15-22,16(2)3)18-10-11-19(24-5)20(14-18)25-6/h10-11,14,16-17,23H,7-9,12-13H2,1-6H3. The molecule has 1 rings (SSSR count). The van der Waals surface area contributed by atoms with Crippen molar-refractivity contribution in [1.82, 2.24) is 5.32 Å². The molecule has 0 heterocycles. The number of benzene rings is 1. The number of ether oxygens (including phenoxy) is 2. The van der Waals surface area contributed by atoms with Gasteiger partial charge >= 0.3 is 0 Å². The molecular weight excluding hydrogens is 312 g/mol. The van der Waals surface area contributed by atoms with Crippen LogP contribution in [0.5, 0.6) is 11.5 Å². The lowest BCUT2D eigenvalue weighted by Crippen LogP contribution is -2.33. The maximum Gasteiger partial charge on any atom is 0.161 e. The van der Waals surface area contributed by atoms with Gasteiger partial charge in [-0.2, -0.15) is 5.26 Å². The van der Waals surface area contributed by atoms with Crippen molar-refractivity contribution < 1.29 is 9.47 Å². The highest BCUT2D eigenvalue weighted by atomic mass is 16.5. The van der Waals surface area contributed by atoms with Gasteiger partial charge in [-0.15, -0.1) is 0 Å². The van der Waals surface area contributed by atoms with E-state index in [1.54, 1.807) is 14.2 Å². The zero-order valence-electron chi connectivity index (χ0n) is 16.7. The van der Waals surface area contributed by atoms with E-state index in [4.69, 9.17) is 9.47 Å². The van der Waals surface area contributed by atoms with Crippen LogP contribution in [0, 0.1) is 17.2 Å². The lowest BCUT2D eigenvalue weighted by Gasteiger charge is -2.32. The Kier molecular flexibility index (Phi) is 8.78. The van der Waals surface area contributed by atoms with E-state index in [1.807, 2.05) is 18.2 Å². The van der Waals surface area contributed by atoms with Gasteiger partial charge < -0.3 is 14.8 Å². The minimum absolute atomic E-state index is 0.212. The van der Waals surface area contributed by atoms with Crippen LogP contribution in [0.15, 0.2) is 18.2 Å². The van der Waals surface area contributed by atoms with Crippen molar-refractivity contribution >= 4 is 0 Å². The van der Waals surface area contributed by atoms with Gasteiger partial charge in [-0.1, -0.05) is 33.3 Å². The first-order chi connectivity index (χ1) is 11.9. The third kappa shape index (κ3) is 5.37. The Morgan fingerprint density at radius 2 is 1.84 bits per heavy atom. The fourth-order valence-electron chi connectivity index (χ4n) is 3.38. The Morgan fingerprint density at radius 3 is 2.36 bits per heavy atom. The van der Waals surface area contributed by atoms with Gasteiger partial charge in [0.1, 0.15) is 0 Å². The minimum atomic E-state index is -0.519. The molecule has 1 aromatic rings. The molecule has 0 spiro atoms. The number of nitrogens with one attached hydrogen (secondary N) is 1. The Labute approximate surface area is 153 Å². The number of hydrogen-bond acceptors (Lipinski definition) is 4. The first-order valence-corrected chi connectivity index (χ1v) is 9.32. The van der Waals surface area contributed by atoms with E-state index in [2.05, 4.69) is 39.1 Å². The number of nitriles is 1. The highest BCUT2D eigenvalue weighted by molar-refractivity contribution is 5.47. The van der Waals surface area contributed by atoms with Crippen molar-refractivity contribution in [3.05, 3.63) is 23.8 Å². The van der Waals surface area contributed by atoms with E-state index in [-0.39, 0.29) is 5.92 Å². The summed E-state index contributed by atoms with van der Waals surface area (Å²) in [6, 6.07) is 8.98. The molecule has 0 radical (unpaired) electrons. The van der Waals surface area contributed by atoms with Gasteiger partial charge in [0.05, 0.1) is 25.7 Å². The smallest absolute Gasteiger partial charge is 0.161 e.